The summed E-state index contributed by atoms with van der Waals surface area (Å²) in [5.41, 5.74) is 0.533. The lowest BCUT2D eigenvalue weighted by Gasteiger charge is -2.09. The van der Waals surface area contributed by atoms with Crippen molar-refractivity contribution in [1.29, 1.82) is 0 Å². The van der Waals surface area contributed by atoms with Crippen molar-refractivity contribution in [2.45, 2.75) is 13.1 Å². The normalized spacial score (nSPS) is 11.7. The molecule has 0 fully saturated rings. The number of hydrogen-bond acceptors (Lipinski definition) is 7. The van der Waals surface area contributed by atoms with Crippen molar-refractivity contribution < 1.29 is 13.2 Å². The number of aryl methyl sites for hydroxylation is 1. The molecule has 0 unspecified atom stereocenters. The molecule has 0 atom stereocenters. The fourth-order valence-electron chi connectivity index (χ4n) is 1.99. The van der Waals surface area contributed by atoms with Crippen molar-refractivity contribution in [2.75, 3.05) is 23.7 Å². The summed E-state index contributed by atoms with van der Waals surface area (Å²) in [4.78, 5) is 15.4. The molecule has 24 heavy (non-hydrogen) atoms. The van der Waals surface area contributed by atoms with Crippen LogP contribution in [0.3, 0.4) is 0 Å². The van der Waals surface area contributed by atoms with Gasteiger partial charge in [0, 0.05) is 37.2 Å². The van der Waals surface area contributed by atoms with Crippen LogP contribution in [0.5, 0.6) is 0 Å². The molecule has 0 radical (unpaired) electrons. The number of hydrogen-bond donors (Lipinski definition) is 2. The number of alkyl halides is 3. The molecule has 3 aromatic rings. The smallest absolute Gasteiger partial charge is 0.368 e. The lowest BCUT2D eigenvalue weighted by molar-refractivity contribution is -0.144. The van der Waals surface area contributed by atoms with E-state index in [1.165, 1.54) is 0 Å². The van der Waals surface area contributed by atoms with Gasteiger partial charge in [-0.15, -0.1) is 5.10 Å². The monoisotopic (exact) mass is 338 g/mol. The van der Waals surface area contributed by atoms with Gasteiger partial charge in [-0.25, -0.2) is 15.0 Å². The van der Waals surface area contributed by atoms with Gasteiger partial charge in [-0.3, -0.25) is 0 Å². The molecular weight excluding hydrogens is 325 g/mol. The van der Waals surface area contributed by atoms with Crippen molar-refractivity contribution in [3.63, 3.8) is 0 Å². The molecule has 0 aromatic carbocycles. The third-order valence-electron chi connectivity index (χ3n) is 2.97. The van der Waals surface area contributed by atoms with Crippen LogP contribution in [-0.2, 0) is 6.18 Å². The number of anilines is 2. The highest BCUT2D eigenvalue weighted by Gasteiger charge is 2.36. The standard InChI is InChI=1S/C13H13F3N8/c1-8-7-9(17-5-6-20-11-18-3-2-4-19-11)24-12(21-8)22-10(23-24)13(14,15)16/h2-4,7,17H,5-6H2,1H3,(H,18,19,20). The van der Waals surface area contributed by atoms with E-state index in [0.717, 1.165) is 4.52 Å². The van der Waals surface area contributed by atoms with Gasteiger partial charge >= 0.3 is 6.18 Å². The second-order valence-corrected chi connectivity index (χ2v) is 4.85. The van der Waals surface area contributed by atoms with Gasteiger partial charge in [-0.2, -0.15) is 22.7 Å². The van der Waals surface area contributed by atoms with Crippen molar-refractivity contribution in [2.24, 2.45) is 0 Å². The fourth-order valence-corrected chi connectivity index (χ4v) is 1.99. The van der Waals surface area contributed by atoms with E-state index < -0.39 is 12.0 Å². The highest BCUT2D eigenvalue weighted by Crippen LogP contribution is 2.27. The van der Waals surface area contributed by atoms with Crippen LogP contribution in [0.25, 0.3) is 5.78 Å². The first-order valence-corrected chi connectivity index (χ1v) is 7.00. The van der Waals surface area contributed by atoms with Crippen molar-refractivity contribution in [1.82, 2.24) is 29.5 Å². The minimum absolute atomic E-state index is 0.107. The largest absolute Gasteiger partial charge is 0.453 e. The number of aromatic nitrogens is 6. The summed E-state index contributed by atoms with van der Waals surface area (Å²) in [5, 5.41) is 9.45. The highest BCUT2D eigenvalue weighted by atomic mass is 19.4. The maximum Gasteiger partial charge on any atom is 0.453 e. The lowest BCUT2D eigenvalue weighted by Crippen LogP contribution is -2.17. The zero-order valence-corrected chi connectivity index (χ0v) is 12.5. The van der Waals surface area contributed by atoms with Crippen LogP contribution < -0.4 is 10.6 Å². The van der Waals surface area contributed by atoms with Gasteiger partial charge in [-0.05, 0) is 13.0 Å². The maximum atomic E-state index is 12.7. The molecule has 0 aliphatic carbocycles. The average Bonchev–Trinajstić information content (AvgIpc) is 2.96. The van der Waals surface area contributed by atoms with E-state index in [1.807, 2.05) is 0 Å². The Hall–Kier alpha value is -2.98. The Labute approximate surface area is 134 Å². The summed E-state index contributed by atoms with van der Waals surface area (Å²) in [7, 11) is 0. The van der Waals surface area contributed by atoms with E-state index in [2.05, 4.69) is 35.7 Å². The first-order chi connectivity index (χ1) is 11.4. The second kappa shape index (κ2) is 6.26. The molecule has 0 amide bonds. The van der Waals surface area contributed by atoms with Crippen LogP contribution in [0.1, 0.15) is 11.5 Å². The van der Waals surface area contributed by atoms with Crippen LogP contribution in [0.15, 0.2) is 24.5 Å². The number of rotatable bonds is 5. The minimum Gasteiger partial charge on any atom is -0.368 e. The molecule has 3 heterocycles. The van der Waals surface area contributed by atoms with Gasteiger partial charge in [0.15, 0.2) is 0 Å². The molecule has 8 nitrogen and oxygen atoms in total. The summed E-state index contributed by atoms with van der Waals surface area (Å²) in [5.74, 6) is -0.490. The molecule has 0 bridgehead atoms. The molecule has 126 valence electrons. The Kier molecular flexibility index (Phi) is 4.15. The van der Waals surface area contributed by atoms with Gasteiger partial charge in [0.2, 0.25) is 5.95 Å². The highest BCUT2D eigenvalue weighted by molar-refractivity contribution is 5.45. The lowest BCUT2D eigenvalue weighted by atomic mass is 10.4. The molecule has 0 aliphatic heterocycles. The first-order valence-electron chi connectivity index (χ1n) is 7.00. The average molecular weight is 338 g/mol. The summed E-state index contributed by atoms with van der Waals surface area (Å²) in [6.45, 7) is 2.55. The molecule has 0 saturated carbocycles. The Morgan fingerprint density at radius 3 is 2.50 bits per heavy atom. The molecular formula is C13H13F3N8. The van der Waals surface area contributed by atoms with Gasteiger partial charge < -0.3 is 10.6 Å². The summed E-state index contributed by atoms with van der Waals surface area (Å²) >= 11 is 0. The number of halogens is 3. The predicted molar refractivity (Wildman–Crippen MR) is 79.5 cm³/mol. The Bertz CT molecular complexity index is 830. The third-order valence-corrected chi connectivity index (χ3v) is 2.97. The molecule has 0 spiro atoms. The van der Waals surface area contributed by atoms with Gasteiger partial charge in [0.25, 0.3) is 11.6 Å². The molecule has 0 aliphatic rings. The van der Waals surface area contributed by atoms with E-state index in [0.29, 0.717) is 30.5 Å². The van der Waals surface area contributed by atoms with E-state index in [4.69, 9.17) is 0 Å². The summed E-state index contributed by atoms with van der Waals surface area (Å²) < 4.78 is 39.3. The van der Waals surface area contributed by atoms with E-state index in [1.54, 1.807) is 31.5 Å². The number of fused-ring (bicyclic) bond motifs is 1. The third kappa shape index (κ3) is 3.50. The summed E-state index contributed by atoms with van der Waals surface area (Å²) in [6.07, 6.45) is -1.41. The SMILES string of the molecule is Cc1cc(NCCNc2ncccn2)n2nc(C(F)(F)F)nc2n1. The van der Waals surface area contributed by atoms with Crippen molar-refractivity contribution >= 4 is 17.5 Å². The van der Waals surface area contributed by atoms with Crippen LogP contribution in [0.2, 0.25) is 0 Å². The number of nitrogens with one attached hydrogen (secondary N) is 2. The molecule has 2 N–H and O–H groups in total. The van der Waals surface area contributed by atoms with Gasteiger partial charge in [0.1, 0.15) is 5.82 Å². The van der Waals surface area contributed by atoms with Gasteiger partial charge in [0.05, 0.1) is 0 Å². The topological polar surface area (TPSA) is 92.9 Å². The second-order valence-electron chi connectivity index (χ2n) is 4.85. The van der Waals surface area contributed by atoms with E-state index >= 15 is 0 Å². The fraction of sp³-hybridized carbons (Fsp3) is 0.308. The summed E-state index contributed by atoms with van der Waals surface area (Å²) in [6, 6.07) is 3.30. The minimum atomic E-state index is -4.62. The van der Waals surface area contributed by atoms with Crippen LogP contribution >= 0.6 is 0 Å². The Morgan fingerprint density at radius 1 is 1.08 bits per heavy atom. The first kappa shape index (κ1) is 15.9. The van der Waals surface area contributed by atoms with Crippen LogP contribution in [-0.4, -0.2) is 42.6 Å². The Balaban J connectivity index is 1.72. The van der Waals surface area contributed by atoms with E-state index in [9.17, 15) is 13.2 Å². The van der Waals surface area contributed by atoms with Crippen molar-refractivity contribution in [3.05, 3.63) is 36.0 Å². The number of nitrogens with zero attached hydrogens (tertiary/aromatic N) is 6. The zero-order valence-electron chi connectivity index (χ0n) is 12.5. The predicted octanol–water partition coefficient (Wildman–Crippen LogP) is 1.77. The maximum absolute atomic E-state index is 12.7. The Morgan fingerprint density at radius 2 is 1.79 bits per heavy atom. The van der Waals surface area contributed by atoms with E-state index in [-0.39, 0.29) is 5.78 Å². The molecule has 3 aromatic heterocycles. The molecule has 0 saturated heterocycles. The van der Waals surface area contributed by atoms with Crippen LogP contribution in [0, 0.1) is 6.92 Å². The van der Waals surface area contributed by atoms with Crippen molar-refractivity contribution in [3.8, 4) is 0 Å². The quantitative estimate of drug-likeness (QED) is 0.685. The van der Waals surface area contributed by atoms with Gasteiger partial charge in [-0.1, -0.05) is 0 Å². The zero-order chi connectivity index (χ0) is 17.2. The van der Waals surface area contributed by atoms with Crippen LogP contribution in [0.4, 0.5) is 24.9 Å². The molecule has 11 heteroatoms. The molecule has 3 rings (SSSR count).